The van der Waals surface area contributed by atoms with Gasteiger partial charge in [0.2, 0.25) is 5.89 Å². The van der Waals surface area contributed by atoms with Gasteiger partial charge in [-0.1, -0.05) is 11.2 Å². The summed E-state index contributed by atoms with van der Waals surface area (Å²) < 4.78 is 45.0. The van der Waals surface area contributed by atoms with Crippen LogP contribution in [-0.4, -0.2) is 22.5 Å². The molecule has 1 heterocycles. The molecule has 23 heavy (non-hydrogen) atoms. The second-order valence-electron chi connectivity index (χ2n) is 4.13. The number of ether oxygens (including phenoxy) is 1. The first-order valence-corrected chi connectivity index (χ1v) is 6.04. The van der Waals surface area contributed by atoms with Crippen molar-refractivity contribution in [2.45, 2.75) is 19.8 Å². The predicted octanol–water partition coefficient (Wildman–Crippen LogP) is 2.82. The molecule has 7 nitrogen and oxygen atoms in total. The van der Waals surface area contributed by atoms with Crippen LogP contribution in [0.15, 0.2) is 33.8 Å². The van der Waals surface area contributed by atoms with E-state index in [9.17, 15) is 13.2 Å². The van der Waals surface area contributed by atoms with Gasteiger partial charge in [-0.05, 0) is 12.1 Å². The third kappa shape index (κ3) is 6.71. The Labute approximate surface area is 146 Å². The summed E-state index contributed by atoms with van der Waals surface area (Å²) in [4.78, 5) is 7.87. The molecule has 0 radical (unpaired) electrons. The zero-order chi connectivity index (χ0) is 16.2. The number of guanidine groups is 1. The van der Waals surface area contributed by atoms with Gasteiger partial charge in [0.05, 0.1) is 0 Å². The fourth-order valence-corrected chi connectivity index (χ4v) is 1.52. The molecule has 0 fully saturated rings. The summed E-state index contributed by atoms with van der Waals surface area (Å²) in [5, 5.41) is 6.27. The molecule has 0 aliphatic rings. The van der Waals surface area contributed by atoms with Gasteiger partial charge in [0.25, 0.3) is 0 Å². The average molecular weight is 443 g/mol. The summed E-state index contributed by atoms with van der Waals surface area (Å²) in [5.74, 6) is 0.371. The van der Waals surface area contributed by atoms with Crippen molar-refractivity contribution in [1.29, 1.82) is 0 Å². The zero-order valence-corrected chi connectivity index (χ0v) is 14.1. The maximum Gasteiger partial charge on any atom is 0.573 e. The van der Waals surface area contributed by atoms with Crippen molar-refractivity contribution in [2.24, 2.45) is 10.7 Å². The van der Waals surface area contributed by atoms with E-state index in [1.54, 1.807) is 6.92 Å². The molecule has 0 bridgehead atoms. The molecule has 11 heteroatoms. The summed E-state index contributed by atoms with van der Waals surface area (Å²) in [6, 6.07) is 5.23. The normalized spacial score (nSPS) is 11.7. The van der Waals surface area contributed by atoms with Crippen molar-refractivity contribution >= 4 is 35.6 Å². The lowest BCUT2D eigenvalue weighted by molar-refractivity contribution is -0.274. The van der Waals surface area contributed by atoms with Gasteiger partial charge in [0.15, 0.2) is 11.8 Å². The molecule has 2 aromatic rings. The average Bonchev–Trinajstić information content (AvgIpc) is 2.81. The van der Waals surface area contributed by atoms with E-state index in [-0.39, 0.29) is 42.2 Å². The molecule has 0 saturated heterocycles. The van der Waals surface area contributed by atoms with Crippen LogP contribution in [0.25, 0.3) is 0 Å². The molecule has 1 aromatic heterocycles. The lowest BCUT2D eigenvalue weighted by atomic mass is 10.3. The van der Waals surface area contributed by atoms with Gasteiger partial charge in [-0.15, -0.1) is 37.1 Å². The van der Waals surface area contributed by atoms with Gasteiger partial charge in [-0.2, -0.15) is 4.98 Å². The fourth-order valence-electron chi connectivity index (χ4n) is 1.52. The fraction of sp³-hybridized carbons (Fsp3) is 0.250. The molecule has 0 saturated carbocycles. The second kappa shape index (κ2) is 7.99. The third-order valence-corrected chi connectivity index (χ3v) is 2.30. The highest BCUT2D eigenvalue weighted by atomic mass is 127. The first kappa shape index (κ1) is 19.0. The quantitative estimate of drug-likeness (QED) is 0.429. The van der Waals surface area contributed by atoms with Gasteiger partial charge in [-0.3, -0.25) is 0 Å². The minimum atomic E-state index is -4.76. The number of hydrogen-bond acceptors (Lipinski definition) is 5. The van der Waals surface area contributed by atoms with Crippen LogP contribution in [-0.2, 0) is 6.54 Å². The number of nitrogens with two attached hydrogens (primary N) is 1. The molecule has 1 aromatic carbocycles. The summed E-state index contributed by atoms with van der Waals surface area (Å²) >= 11 is 0. The Hall–Kier alpha value is -2.05. The molecule has 0 unspecified atom stereocenters. The van der Waals surface area contributed by atoms with Gasteiger partial charge in [-0.25, -0.2) is 4.99 Å². The van der Waals surface area contributed by atoms with E-state index in [0.717, 1.165) is 6.07 Å². The smallest absolute Gasteiger partial charge is 0.406 e. The van der Waals surface area contributed by atoms with Crippen molar-refractivity contribution in [3.05, 3.63) is 36.0 Å². The number of benzene rings is 1. The van der Waals surface area contributed by atoms with Crippen LogP contribution < -0.4 is 15.8 Å². The van der Waals surface area contributed by atoms with Crippen molar-refractivity contribution in [1.82, 2.24) is 10.1 Å². The number of halogens is 4. The largest absolute Gasteiger partial charge is 0.573 e. The SMILES string of the molecule is Cc1nc(CN=C(N)Nc2cccc(OC(F)(F)F)c2)no1.I. The Balaban J connectivity index is 0.00000264. The number of nitrogens with zero attached hydrogens (tertiary/aromatic N) is 3. The molecule has 0 atom stereocenters. The molecule has 0 aliphatic carbocycles. The van der Waals surface area contributed by atoms with Crippen LogP contribution in [0.5, 0.6) is 5.75 Å². The van der Waals surface area contributed by atoms with Crippen LogP contribution in [0.4, 0.5) is 18.9 Å². The minimum absolute atomic E-state index is 0. The molecule has 126 valence electrons. The zero-order valence-electron chi connectivity index (χ0n) is 11.8. The van der Waals surface area contributed by atoms with Crippen molar-refractivity contribution in [3.63, 3.8) is 0 Å². The third-order valence-electron chi connectivity index (χ3n) is 2.30. The summed E-state index contributed by atoms with van der Waals surface area (Å²) in [5.41, 5.74) is 5.93. The second-order valence-corrected chi connectivity index (χ2v) is 4.13. The first-order valence-electron chi connectivity index (χ1n) is 6.04. The Kier molecular flexibility index (Phi) is 6.60. The molecule has 3 N–H and O–H groups in total. The topological polar surface area (TPSA) is 98.6 Å². The van der Waals surface area contributed by atoms with E-state index in [2.05, 4.69) is 25.2 Å². The molecule has 2 rings (SSSR count). The maximum absolute atomic E-state index is 12.1. The highest BCUT2D eigenvalue weighted by molar-refractivity contribution is 14.0. The molecule has 0 spiro atoms. The number of aromatic nitrogens is 2. The maximum atomic E-state index is 12.1. The minimum Gasteiger partial charge on any atom is -0.406 e. The van der Waals surface area contributed by atoms with E-state index in [0.29, 0.717) is 17.4 Å². The van der Waals surface area contributed by atoms with Gasteiger partial charge in [0, 0.05) is 18.7 Å². The van der Waals surface area contributed by atoms with Crippen LogP contribution in [0.1, 0.15) is 11.7 Å². The van der Waals surface area contributed by atoms with E-state index in [1.165, 1.54) is 18.2 Å². The Bertz CT molecular complexity index is 675. The molecular weight excluding hydrogens is 430 g/mol. The van der Waals surface area contributed by atoms with Crippen molar-refractivity contribution in [3.8, 4) is 5.75 Å². The van der Waals surface area contributed by atoms with Crippen molar-refractivity contribution < 1.29 is 22.4 Å². The van der Waals surface area contributed by atoms with Crippen molar-refractivity contribution in [2.75, 3.05) is 5.32 Å². The van der Waals surface area contributed by atoms with Gasteiger partial charge < -0.3 is 20.3 Å². The van der Waals surface area contributed by atoms with Gasteiger partial charge >= 0.3 is 6.36 Å². The molecular formula is C12H13F3IN5O2. The highest BCUT2D eigenvalue weighted by Crippen LogP contribution is 2.24. The lowest BCUT2D eigenvalue weighted by Crippen LogP contribution is -2.23. The van der Waals surface area contributed by atoms with Crippen LogP contribution in [0, 0.1) is 6.92 Å². The number of aliphatic imine (C=N–C) groups is 1. The molecule has 0 aliphatic heterocycles. The number of anilines is 1. The number of nitrogens with one attached hydrogen (secondary N) is 1. The van der Waals surface area contributed by atoms with E-state index in [1.807, 2.05) is 0 Å². The predicted molar refractivity (Wildman–Crippen MR) is 86.5 cm³/mol. The lowest BCUT2D eigenvalue weighted by Gasteiger charge is -2.10. The Morgan fingerprint density at radius 1 is 1.43 bits per heavy atom. The number of aryl methyl sites for hydroxylation is 1. The van der Waals surface area contributed by atoms with E-state index >= 15 is 0 Å². The number of hydrogen-bond donors (Lipinski definition) is 2. The van der Waals surface area contributed by atoms with Gasteiger partial charge in [0.1, 0.15) is 12.3 Å². The van der Waals surface area contributed by atoms with Crippen LogP contribution in [0.3, 0.4) is 0 Å². The Morgan fingerprint density at radius 2 is 2.17 bits per heavy atom. The summed E-state index contributed by atoms with van der Waals surface area (Å²) in [7, 11) is 0. The van der Waals surface area contributed by atoms with E-state index in [4.69, 9.17) is 10.3 Å². The van der Waals surface area contributed by atoms with E-state index < -0.39 is 6.36 Å². The Morgan fingerprint density at radius 3 is 2.78 bits per heavy atom. The van der Waals surface area contributed by atoms with Crippen LogP contribution >= 0.6 is 24.0 Å². The monoisotopic (exact) mass is 443 g/mol. The number of alkyl halides is 3. The summed E-state index contributed by atoms with van der Waals surface area (Å²) in [6.07, 6.45) is -4.76. The highest BCUT2D eigenvalue weighted by Gasteiger charge is 2.31. The molecule has 0 amide bonds. The first-order chi connectivity index (χ1) is 10.3. The standard InChI is InChI=1S/C12H12F3N5O2.HI/c1-7-18-10(20-22-7)6-17-11(16)19-8-3-2-4-9(5-8)21-12(13,14)15;/h2-5H,6H2,1H3,(H3,16,17,19);1H. The number of rotatable bonds is 4. The van der Waals surface area contributed by atoms with Crippen LogP contribution in [0.2, 0.25) is 0 Å². The summed E-state index contributed by atoms with van der Waals surface area (Å²) in [6.45, 7) is 1.71.